The first-order valence-electron chi connectivity index (χ1n) is 10.6. The molecule has 2 fully saturated rings. The zero-order valence-electron chi connectivity index (χ0n) is 16.8. The molecule has 1 aliphatic heterocycles. The van der Waals surface area contributed by atoms with Gasteiger partial charge >= 0.3 is 0 Å². The van der Waals surface area contributed by atoms with E-state index in [4.69, 9.17) is 14.2 Å². The number of ether oxygens (including phenoxy) is 3. The fourth-order valence-electron chi connectivity index (χ4n) is 3.60. The molecule has 3 aromatic rings. The maximum atomic E-state index is 13.5. The van der Waals surface area contributed by atoms with Crippen LogP contribution in [0.5, 0.6) is 11.5 Å². The van der Waals surface area contributed by atoms with Crippen LogP contribution in [0.2, 0.25) is 0 Å². The van der Waals surface area contributed by atoms with E-state index in [0.717, 1.165) is 47.3 Å². The summed E-state index contributed by atoms with van der Waals surface area (Å²) in [5.41, 5.74) is 3.31. The molecule has 0 N–H and O–H groups in total. The third-order valence-electron chi connectivity index (χ3n) is 5.65. The van der Waals surface area contributed by atoms with Crippen molar-refractivity contribution in [1.82, 2.24) is 0 Å². The minimum Gasteiger partial charge on any atom is -0.493 e. The molecule has 0 aromatic heterocycles. The van der Waals surface area contributed by atoms with E-state index in [0.29, 0.717) is 6.61 Å². The van der Waals surface area contributed by atoms with E-state index in [-0.39, 0.29) is 17.8 Å². The summed E-state index contributed by atoms with van der Waals surface area (Å²) in [6.07, 6.45) is 2.79. The normalized spacial score (nSPS) is 18.6. The lowest BCUT2D eigenvalue weighted by Crippen LogP contribution is -2.06. The maximum absolute atomic E-state index is 13.5. The molecule has 30 heavy (non-hydrogen) atoms. The lowest BCUT2D eigenvalue weighted by molar-refractivity contribution is 0.263. The van der Waals surface area contributed by atoms with Crippen LogP contribution in [0.25, 0.3) is 0 Å². The van der Waals surface area contributed by atoms with Gasteiger partial charge in [-0.15, -0.1) is 0 Å². The number of benzene rings is 3. The quantitative estimate of drug-likeness (QED) is 0.345. The maximum Gasteiger partial charge on any atom is 0.123 e. The number of hydrogen-bond donors (Lipinski definition) is 0. The second-order valence-corrected chi connectivity index (χ2v) is 8.14. The highest BCUT2D eigenvalue weighted by Crippen LogP contribution is 2.34. The molecule has 0 spiro atoms. The summed E-state index contributed by atoms with van der Waals surface area (Å²) in [7, 11) is 0. The van der Waals surface area contributed by atoms with Crippen LogP contribution >= 0.6 is 0 Å². The number of rotatable bonds is 9. The number of epoxide rings is 1. The van der Waals surface area contributed by atoms with Gasteiger partial charge in [-0.3, -0.25) is 0 Å². The van der Waals surface area contributed by atoms with Gasteiger partial charge in [0, 0.05) is 5.92 Å². The standard InChI is InChI=1S/C26H25FO3/c27-22-9-3-19(4-10-22)26(20-5-11-23(12-6-20)28-15-18-1-2-18)21-7-13-24(14-8-21)29-16-25-17-30-25/h3-14,18,25-26H,1-2,15-17H2. The van der Waals surface area contributed by atoms with Crippen molar-refractivity contribution in [2.75, 3.05) is 19.8 Å². The van der Waals surface area contributed by atoms with Crippen molar-refractivity contribution in [2.45, 2.75) is 24.9 Å². The molecule has 3 nitrogen and oxygen atoms in total. The topological polar surface area (TPSA) is 31.0 Å². The Morgan fingerprint density at radius 1 is 0.733 bits per heavy atom. The molecule has 2 atom stereocenters. The second kappa shape index (κ2) is 8.49. The summed E-state index contributed by atoms with van der Waals surface area (Å²) in [6, 6.07) is 23.1. The van der Waals surface area contributed by atoms with E-state index in [1.165, 1.54) is 25.0 Å². The fourth-order valence-corrected chi connectivity index (χ4v) is 3.60. The molecule has 1 saturated heterocycles. The van der Waals surface area contributed by atoms with Crippen molar-refractivity contribution in [3.63, 3.8) is 0 Å². The molecule has 154 valence electrons. The van der Waals surface area contributed by atoms with Gasteiger partial charge in [0.05, 0.1) is 13.2 Å². The molecule has 0 bridgehead atoms. The largest absolute Gasteiger partial charge is 0.493 e. The van der Waals surface area contributed by atoms with Crippen LogP contribution in [0.15, 0.2) is 72.8 Å². The fraction of sp³-hybridized carbons (Fsp3) is 0.308. The van der Waals surface area contributed by atoms with Crippen LogP contribution in [0, 0.1) is 11.7 Å². The molecule has 0 radical (unpaired) electrons. The highest BCUT2D eigenvalue weighted by Gasteiger charge is 2.24. The number of halogens is 1. The molecule has 1 aliphatic carbocycles. The van der Waals surface area contributed by atoms with Crippen molar-refractivity contribution in [3.05, 3.63) is 95.3 Å². The van der Waals surface area contributed by atoms with E-state index < -0.39 is 0 Å². The molecule has 2 unspecified atom stereocenters. The summed E-state index contributed by atoms with van der Waals surface area (Å²) in [5, 5.41) is 0. The van der Waals surface area contributed by atoms with Crippen molar-refractivity contribution in [3.8, 4) is 11.5 Å². The molecular weight excluding hydrogens is 379 g/mol. The molecule has 1 saturated carbocycles. The Balaban J connectivity index is 1.38. The Labute approximate surface area is 176 Å². The van der Waals surface area contributed by atoms with Gasteiger partial charge in [0.25, 0.3) is 0 Å². The SMILES string of the molecule is Fc1ccc(C(c2ccc(OCC3CC3)cc2)c2ccc(OCC3CO3)cc2)cc1. The Morgan fingerprint density at radius 2 is 1.20 bits per heavy atom. The van der Waals surface area contributed by atoms with Crippen LogP contribution in [0.4, 0.5) is 4.39 Å². The van der Waals surface area contributed by atoms with Crippen molar-refractivity contribution in [2.24, 2.45) is 5.92 Å². The Morgan fingerprint density at radius 3 is 1.67 bits per heavy atom. The van der Waals surface area contributed by atoms with E-state index >= 15 is 0 Å². The van der Waals surface area contributed by atoms with Gasteiger partial charge < -0.3 is 14.2 Å². The second-order valence-electron chi connectivity index (χ2n) is 8.14. The molecule has 5 rings (SSSR count). The molecule has 4 heteroatoms. The third-order valence-corrected chi connectivity index (χ3v) is 5.65. The number of hydrogen-bond acceptors (Lipinski definition) is 3. The van der Waals surface area contributed by atoms with Gasteiger partial charge in [0.1, 0.15) is 30.0 Å². The average molecular weight is 404 g/mol. The summed E-state index contributed by atoms with van der Waals surface area (Å²) >= 11 is 0. The summed E-state index contributed by atoms with van der Waals surface area (Å²) in [5.74, 6) is 2.23. The third kappa shape index (κ3) is 4.82. The first kappa shape index (κ1) is 19.1. The monoisotopic (exact) mass is 404 g/mol. The summed E-state index contributed by atoms with van der Waals surface area (Å²) < 4.78 is 30.4. The first-order valence-corrected chi connectivity index (χ1v) is 10.6. The smallest absolute Gasteiger partial charge is 0.123 e. The summed E-state index contributed by atoms with van der Waals surface area (Å²) in [6.45, 7) is 2.17. The van der Waals surface area contributed by atoms with E-state index in [9.17, 15) is 4.39 Å². The zero-order chi connectivity index (χ0) is 20.3. The minimum atomic E-state index is -0.229. The van der Waals surface area contributed by atoms with Crippen molar-refractivity contribution >= 4 is 0 Å². The zero-order valence-corrected chi connectivity index (χ0v) is 16.8. The predicted octanol–water partition coefficient (Wildman–Crippen LogP) is 5.57. The molecule has 2 aliphatic rings. The van der Waals surface area contributed by atoms with Gasteiger partial charge in [0.2, 0.25) is 0 Å². The summed E-state index contributed by atoms with van der Waals surface area (Å²) in [4.78, 5) is 0. The predicted molar refractivity (Wildman–Crippen MR) is 114 cm³/mol. The first-order chi connectivity index (χ1) is 14.7. The van der Waals surface area contributed by atoms with Crippen LogP contribution in [0.1, 0.15) is 35.4 Å². The molecule has 1 heterocycles. The van der Waals surface area contributed by atoms with Crippen LogP contribution < -0.4 is 9.47 Å². The van der Waals surface area contributed by atoms with Crippen LogP contribution in [-0.2, 0) is 4.74 Å². The lowest BCUT2D eigenvalue weighted by Gasteiger charge is -2.20. The van der Waals surface area contributed by atoms with Crippen LogP contribution in [-0.4, -0.2) is 25.9 Å². The van der Waals surface area contributed by atoms with Crippen LogP contribution in [0.3, 0.4) is 0 Å². The van der Waals surface area contributed by atoms with Gasteiger partial charge in [0.15, 0.2) is 0 Å². The molecular formula is C26H25FO3. The van der Waals surface area contributed by atoms with E-state index in [1.807, 2.05) is 36.4 Å². The van der Waals surface area contributed by atoms with Crippen molar-refractivity contribution < 1.29 is 18.6 Å². The van der Waals surface area contributed by atoms with Crippen molar-refractivity contribution in [1.29, 1.82) is 0 Å². The van der Waals surface area contributed by atoms with E-state index in [2.05, 4.69) is 24.3 Å². The highest BCUT2D eigenvalue weighted by molar-refractivity contribution is 5.45. The van der Waals surface area contributed by atoms with Gasteiger partial charge in [-0.25, -0.2) is 4.39 Å². The minimum absolute atomic E-state index is 0.00361. The Bertz CT molecular complexity index is 899. The average Bonchev–Trinajstić information content (AvgIpc) is 3.69. The highest BCUT2D eigenvalue weighted by atomic mass is 19.1. The lowest BCUT2D eigenvalue weighted by atomic mass is 9.85. The van der Waals surface area contributed by atoms with Gasteiger partial charge in [-0.2, -0.15) is 0 Å². The van der Waals surface area contributed by atoms with Gasteiger partial charge in [-0.1, -0.05) is 36.4 Å². The Kier molecular flexibility index (Phi) is 5.41. The van der Waals surface area contributed by atoms with Gasteiger partial charge in [-0.05, 0) is 71.8 Å². The molecule has 3 aromatic carbocycles. The van der Waals surface area contributed by atoms with E-state index in [1.54, 1.807) is 0 Å². The molecule has 0 amide bonds. The Hall–Kier alpha value is -2.85.